The Hall–Kier alpha value is -1.42. The minimum absolute atomic E-state index is 0.333. The summed E-state index contributed by atoms with van der Waals surface area (Å²) in [4.78, 5) is 21.0. The van der Waals surface area contributed by atoms with Crippen LogP contribution in [0.1, 0.15) is 36.9 Å². The summed E-state index contributed by atoms with van der Waals surface area (Å²) < 4.78 is 0. The van der Waals surface area contributed by atoms with Crippen LogP contribution in [0.2, 0.25) is 0 Å². The third-order valence-electron chi connectivity index (χ3n) is 5.01. The second-order valence-corrected chi connectivity index (χ2v) is 6.82. The largest absolute Gasteiger partial charge is 0.342 e. The lowest BCUT2D eigenvalue weighted by molar-refractivity contribution is -0.133. The quantitative estimate of drug-likeness (QED) is 0.856. The summed E-state index contributed by atoms with van der Waals surface area (Å²) in [5, 5.41) is 0. The summed E-state index contributed by atoms with van der Waals surface area (Å²) in [6.07, 6.45) is 7.79. The maximum Gasteiger partial charge on any atom is 0.236 e. The van der Waals surface area contributed by atoms with Crippen LogP contribution in [0.25, 0.3) is 0 Å². The molecule has 0 bridgehead atoms. The first-order chi connectivity index (χ1) is 10.7. The van der Waals surface area contributed by atoms with Crippen LogP contribution in [0.15, 0.2) is 18.3 Å². The third kappa shape index (κ3) is 4.07. The summed E-state index contributed by atoms with van der Waals surface area (Å²) in [6.45, 7) is 6.74. The number of carbonyl (C=O) groups excluding carboxylic acids is 1. The Morgan fingerprint density at radius 3 is 2.64 bits per heavy atom. The van der Waals surface area contributed by atoms with E-state index < -0.39 is 0 Å². The Labute approximate surface area is 133 Å². The Kier molecular flexibility index (Phi) is 5.08. The predicted molar refractivity (Wildman–Crippen MR) is 87.7 cm³/mol. The highest BCUT2D eigenvalue weighted by Crippen LogP contribution is 2.22. The smallest absolute Gasteiger partial charge is 0.236 e. The molecule has 0 atom stereocenters. The molecule has 3 rings (SSSR count). The van der Waals surface area contributed by atoms with E-state index in [4.69, 9.17) is 0 Å². The van der Waals surface area contributed by atoms with Gasteiger partial charge in [-0.2, -0.15) is 0 Å². The molecule has 0 radical (unpaired) electrons. The van der Waals surface area contributed by atoms with Crippen molar-refractivity contribution in [3.05, 3.63) is 29.6 Å². The zero-order valence-corrected chi connectivity index (χ0v) is 13.6. The van der Waals surface area contributed by atoms with E-state index in [2.05, 4.69) is 26.9 Å². The molecule has 2 saturated heterocycles. The number of likely N-dealkylation sites (tertiary alicyclic amines) is 2. The molecule has 4 nitrogen and oxygen atoms in total. The Balaban J connectivity index is 1.44. The van der Waals surface area contributed by atoms with Gasteiger partial charge in [0.15, 0.2) is 0 Å². The van der Waals surface area contributed by atoms with Gasteiger partial charge in [-0.25, -0.2) is 0 Å². The average Bonchev–Trinajstić information content (AvgIpc) is 3.01. The third-order valence-corrected chi connectivity index (χ3v) is 5.01. The number of rotatable bonds is 4. The monoisotopic (exact) mass is 301 g/mol. The van der Waals surface area contributed by atoms with Crippen LogP contribution in [-0.2, 0) is 11.2 Å². The van der Waals surface area contributed by atoms with Crippen molar-refractivity contribution < 1.29 is 4.79 Å². The van der Waals surface area contributed by atoms with Gasteiger partial charge in [0.25, 0.3) is 0 Å². The molecule has 3 heterocycles. The summed E-state index contributed by atoms with van der Waals surface area (Å²) >= 11 is 0. The molecule has 2 aliphatic heterocycles. The van der Waals surface area contributed by atoms with Crippen LogP contribution in [0.4, 0.5) is 0 Å². The van der Waals surface area contributed by atoms with Crippen molar-refractivity contribution in [1.29, 1.82) is 0 Å². The number of amides is 1. The maximum absolute atomic E-state index is 12.3. The number of aryl methyl sites for hydroxylation is 1. The lowest BCUT2D eigenvalue weighted by Crippen LogP contribution is -2.43. The SMILES string of the molecule is Cc1cc(CC2CCN(C(=O)CN3CCCC3)CC2)ccn1. The minimum atomic E-state index is 0.333. The Bertz CT molecular complexity index is 503. The first-order valence-corrected chi connectivity index (χ1v) is 8.62. The molecule has 22 heavy (non-hydrogen) atoms. The van der Waals surface area contributed by atoms with Gasteiger partial charge in [-0.1, -0.05) is 0 Å². The van der Waals surface area contributed by atoms with Crippen LogP contribution in [-0.4, -0.2) is 53.4 Å². The van der Waals surface area contributed by atoms with Crippen LogP contribution >= 0.6 is 0 Å². The van der Waals surface area contributed by atoms with Crippen LogP contribution in [0.5, 0.6) is 0 Å². The van der Waals surface area contributed by atoms with Crippen LogP contribution in [0, 0.1) is 12.8 Å². The van der Waals surface area contributed by atoms with Crippen molar-refractivity contribution in [3.8, 4) is 0 Å². The molecule has 1 aromatic heterocycles. The van der Waals surface area contributed by atoms with Crippen molar-refractivity contribution >= 4 is 5.91 Å². The lowest BCUT2D eigenvalue weighted by Gasteiger charge is -2.33. The van der Waals surface area contributed by atoms with E-state index in [9.17, 15) is 4.79 Å². The van der Waals surface area contributed by atoms with Gasteiger partial charge in [0.2, 0.25) is 5.91 Å². The summed E-state index contributed by atoms with van der Waals surface area (Å²) in [5.41, 5.74) is 2.48. The molecular formula is C18H27N3O. The molecule has 0 saturated carbocycles. The standard InChI is InChI=1S/C18H27N3O/c1-15-12-17(4-7-19-15)13-16-5-10-21(11-6-16)18(22)14-20-8-2-3-9-20/h4,7,12,16H,2-3,5-6,8-11,13-14H2,1H3. The lowest BCUT2D eigenvalue weighted by atomic mass is 9.90. The molecule has 2 fully saturated rings. The van der Waals surface area contributed by atoms with E-state index in [1.54, 1.807) is 0 Å². The number of hydrogen-bond acceptors (Lipinski definition) is 3. The highest BCUT2D eigenvalue weighted by molar-refractivity contribution is 5.78. The fourth-order valence-corrected chi connectivity index (χ4v) is 3.68. The molecule has 120 valence electrons. The maximum atomic E-state index is 12.3. The van der Waals surface area contributed by atoms with E-state index in [0.29, 0.717) is 18.4 Å². The normalized spacial score (nSPS) is 20.5. The number of pyridine rings is 1. The average molecular weight is 301 g/mol. The number of aromatic nitrogens is 1. The number of nitrogens with zero attached hydrogens (tertiary/aromatic N) is 3. The molecule has 1 aromatic rings. The van der Waals surface area contributed by atoms with E-state index >= 15 is 0 Å². The van der Waals surface area contributed by atoms with E-state index in [1.165, 1.54) is 18.4 Å². The summed E-state index contributed by atoms with van der Waals surface area (Å²) in [6, 6.07) is 4.31. The number of piperidine rings is 1. The second-order valence-electron chi connectivity index (χ2n) is 6.82. The second kappa shape index (κ2) is 7.23. The number of hydrogen-bond donors (Lipinski definition) is 0. The van der Waals surface area contributed by atoms with Crippen molar-refractivity contribution in [2.24, 2.45) is 5.92 Å². The van der Waals surface area contributed by atoms with Gasteiger partial charge in [-0.3, -0.25) is 14.7 Å². The highest BCUT2D eigenvalue weighted by atomic mass is 16.2. The first kappa shape index (κ1) is 15.5. The molecule has 0 unspecified atom stereocenters. The van der Waals surface area contributed by atoms with Gasteiger partial charge in [0.05, 0.1) is 6.54 Å². The summed E-state index contributed by atoms with van der Waals surface area (Å²) in [5.74, 6) is 1.04. The van der Waals surface area contributed by atoms with E-state index in [0.717, 1.165) is 51.1 Å². The van der Waals surface area contributed by atoms with E-state index in [-0.39, 0.29) is 0 Å². The molecule has 0 spiro atoms. The minimum Gasteiger partial charge on any atom is -0.342 e. The molecule has 0 aliphatic carbocycles. The van der Waals surface area contributed by atoms with Gasteiger partial charge in [0.1, 0.15) is 0 Å². The van der Waals surface area contributed by atoms with Crippen molar-refractivity contribution in [3.63, 3.8) is 0 Å². The molecule has 2 aliphatic rings. The van der Waals surface area contributed by atoms with Gasteiger partial charge in [0, 0.05) is 25.0 Å². The van der Waals surface area contributed by atoms with Gasteiger partial charge < -0.3 is 4.90 Å². The van der Waals surface area contributed by atoms with Crippen LogP contribution in [0.3, 0.4) is 0 Å². The highest BCUT2D eigenvalue weighted by Gasteiger charge is 2.25. The molecular weight excluding hydrogens is 274 g/mol. The number of carbonyl (C=O) groups is 1. The Morgan fingerprint density at radius 2 is 1.95 bits per heavy atom. The van der Waals surface area contributed by atoms with E-state index in [1.807, 2.05) is 13.1 Å². The molecule has 0 aromatic carbocycles. The molecule has 0 N–H and O–H groups in total. The molecule has 1 amide bonds. The topological polar surface area (TPSA) is 36.4 Å². The predicted octanol–water partition coefficient (Wildman–Crippen LogP) is 2.27. The van der Waals surface area contributed by atoms with Crippen molar-refractivity contribution in [1.82, 2.24) is 14.8 Å². The first-order valence-electron chi connectivity index (χ1n) is 8.62. The zero-order valence-electron chi connectivity index (χ0n) is 13.6. The van der Waals surface area contributed by atoms with Crippen LogP contribution < -0.4 is 0 Å². The van der Waals surface area contributed by atoms with Gasteiger partial charge in [-0.05, 0) is 75.7 Å². The van der Waals surface area contributed by atoms with Crippen molar-refractivity contribution in [2.45, 2.75) is 39.0 Å². The van der Waals surface area contributed by atoms with Gasteiger partial charge in [-0.15, -0.1) is 0 Å². The van der Waals surface area contributed by atoms with Gasteiger partial charge >= 0.3 is 0 Å². The zero-order chi connectivity index (χ0) is 15.4. The summed E-state index contributed by atoms with van der Waals surface area (Å²) in [7, 11) is 0. The fourth-order valence-electron chi connectivity index (χ4n) is 3.68. The Morgan fingerprint density at radius 1 is 1.23 bits per heavy atom. The van der Waals surface area contributed by atoms with Crippen molar-refractivity contribution in [2.75, 3.05) is 32.7 Å². The molecule has 4 heteroatoms. The fraction of sp³-hybridized carbons (Fsp3) is 0.667.